The highest BCUT2D eigenvalue weighted by Crippen LogP contribution is 2.23. The van der Waals surface area contributed by atoms with Gasteiger partial charge in [-0.3, -0.25) is 4.79 Å². The van der Waals surface area contributed by atoms with Crippen LogP contribution in [0.4, 0.5) is 0 Å². The Balaban J connectivity index is 1.96. The Labute approximate surface area is 150 Å². The first-order valence-electron chi connectivity index (χ1n) is 8.68. The smallest absolute Gasteiger partial charge is 0.306 e. The van der Waals surface area contributed by atoms with Crippen LogP contribution < -0.4 is 10.5 Å². The van der Waals surface area contributed by atoms with Gasteiger partial charge in [0.15, 0.2) is 0 Å². The lowest BCUT2D eigenvalue weighted by molar-refractivity contribution is -0.143. The van der Waals surface area contributed by atoms with E-state index in [9.17, 15) is 4.79 Å². The Hall–Kier alpha value is -2.33. The molecule has 25 heavy (non-hydrogen) atoms. The van der Waals surface area contributed by atoms with Crippen LogP contribution in [0.25, 0.3) is 0 Å². The molecule has 0 aliphatic carbocycles. The van der Waals surface area contributed by atoms with Gasteiger partial charge in [0.2, 0.25) is 0 Å². The maximum absolute atomic E-state index is 11.7. The van der Waals surface area contributed by atoms with Crippen molar-refractivity contribution < 1.29 is 14.3 Å². The predicted octanol–water partition coefficient (Wildman–Crippen LogP) is 3.88. The van der Waals surface area contributed by atoms with Gasteiger partial charge in [-0.2, -0.15) is 0 Å². The predicted molar refractivity (Wildman–Crippen MR) is 99.7 cm³/mol. The van der Waals surface area contributed by atoms with E-state index < -0.39 is 0 Å². The van der Waals surface area contributed by atoms with Gasteiger partial charge in [-0.15, -0.1) is 0 Å². The number of carbonyl (C=O) groups is 1. The summed E-state index contributed by atoms with van der Waals surface area (Å²) < 4.78 is 10.9. The number of hydrogen-bond acceptors (Lipinski definition) is 4. The molecule has 134 valence electrons. The molecule has 0 spiro atoms. The maximum Gasteiger partial charge on any atom is 0.306 e. The molecule has 0 aliphatic rings. The van der Waals surface area contributed by atoms with E-state index >= 15 is 0 Å². The van der Waals surface area contributed by atoms with Gasteiger partial charge in [0.05, 0.1) is 13.0 Å². The summed E-state index contributed by atoms with van der Waals surface area (Å²) in [6, 6.07) is 14.1. The topological polar surface area (TPSA) is 61.5 Å². The monoisotopic (exact) mass is 341 g/mol. The van der Waals surface area contributed by atoms with Gasteiger partial charge in [0.25, 0.3) is 0 Å². The van der Waals surface area contributed by atoms with Crippen molar-refractivity contribution in [3.63, 3.8) is 0 Å². The summed E-state index contributed by atoms with van der Waals surface area (Å²) in [6.07, 6.45) is 0.299. The number of aryl methyl sites for hydroxylation is 2. The van der Waals surface area contributed by atoms with E-state index in [2.05, 4.69) is 32.0 Å². The zero-order valence-corrected chi connectivity index (χ0v) is 15.2. The van der Waals surface area contributed by atoms with Crippen molar-refractivity contribution >= 4 is 5.97 Å². The van der Waals surface area contributed by atoms with E-state index in [0.717, 1.165) is 16.9 Å². The first kappa shape index (κ1) is 19.0. The molecule has 2 aromatic rings. The first-order valence-corrected chi connectivity index (χ1v) is 8.68. The van der Waals surface area contributed by atoms with Crippen molar-refractivity contribution in [2.45, 2.75) is 39.7 Å². The van der Waals surface area contributed by atoms with E-state index in [1.54, 1.807) is 6.92 Å². The van der Waals surface area contributed by atoms with E-state index in [1.165, 1.54) is 11.1 Å². The molecule has 0 fully saturated rings. The zero-order valence-electron chi connectivity index (χ0n) is 15.2. The van der Waals surface area contributed by atoms with E-state index in [4.69, 9.17) is 15.2 Å². The lowest BCUT2D eigenvalue weighted by Crippen LogP contribution is -2.18. The third kappa shape index (κ3) is 5.61. The van der Waals surface area contributed by atoms with Gasteiger partial charge in [-0.05, 0) is 61.7 Å². The molecular formula is C21H27NO3. The summed E-state index contributed by atoms with van der Waals surface area (Å²) in [5.41, 5.74) is 10.5. The summed E-state index contributed by atoms with van der Waals surface area (Å²) in [7, 11) is 0. The summed E-state index contributed by atoms with van der Waals surface area (Å²) >= 11 is 0. The van der Waals surface area contributed by atoms with Crippen LogP contribution in [-0.2, 0) is 16.1 Å². The largest absolute Gasteiger partial charge is 0.489 e. The Bertz CT molecular complexity index is 695. The second kappa shape index (κ2) is 9.23. The molecule has 0 bridgehead atoms. The van der Waals surface area contributed by atoms with Crippen molar-refractivity contribution in [3.05, 3.63) is 64.7 Å². The highest BCUT2D eigenvalue weighted by Gasteiger charge is 2.15. The van der Waals surface area contributed by atoms with Crippen LogP contribution in [0.15, 0.2) is 42.5 Å². The average Bonchev–Trinajstić information content (AvgIpc) is 2.61. The molecule has 2 N–H and O–H groups in total. The van der Waals surface area contributed by atoms with E-state index in [1.807, 2.05) is 24.3 Å². The molecule has 0 heterocycles. The normalized spacial score (nSPS) is 11.8. The molecule has 1 unspecified atom stereocenters. The summed E-state index contributed by atoms with van der Waals surface area (Å²) in [5, 5.41) is 0. The van der Waals surface area contributed by atoms with Gasteiger partial charge in [-0.25, -0.2) is 0 Å². The second-order valence-electron chi connectivity index (χ2n) is 6.22. The SMILES string of the molecule is CCOC(=O)CC(CN)c1ccc(OCc2ccc(C)c(C)c2)cc1. The van der Waals surface area contributed by atoms with Crippen molar-refractivity contribution in [2.24, 2.45) is 5.73 Å². The van der Waals surface area contributed by atoms with Crippen LogP contribution in [0.1, 0.15) is 41.5 Å². The minimum atomic E-state index is -0.215. The fourth-order valence-electron chi connectivity index (χ4n) is 2.65. The van der Waals surface area contributed by atoms with E-state index in [-0.39, 0.29) is 11.9 Å². The molecular weight excluding hydrogens is 314 g/mol. The Morgan fingerprint density at radius 2 is 1.80 bits per heavy atom. The van der Waals surface area contributed by atoms with E-state index in [0.29, 0.717) is 26.2 Å². The standard InChI is InChI=1S/C21H27NO3/c1-4-24-21(23)12-19(13-22)18-7-9-20(10-8-18)25-14-17-6-5-15(2)16(3)11-17/h5-11,19H,4,12-14,22H2,1-3H3. The molecule has 1 atom stereocenters. The Kier molecular flexibility index (Phi) is 7.02. The summed E-state index contributed by atoms with van der Waals surface area (Å²) in [6.45, 7) is 7.33. The second-order valence-corrected chi connectivity index (χ2v) is 6.22. The molecule has 2 rings (SSSR count). The molecule has 4 heteroatoms. The number of rotatable bonds is 8. The number of benzene rings is 2. The van der Waals surface area contributed by atoms with Crippen LogP contribution >= 0.6 is 0 Å². The third-order valence-corrected chi connectivity index (χ3v) is 4.33. The van der Waals surface area contributed by atoms with Crippen LogP contribution in [0.5, 0.6) is 5.75 Å². The number of nitrogens with two attached hydrogens (primary N) is 1. The molecule has 0 saturated heterocycles. The van der Waals surface area contributed by atoms with Crippen LogP contribution in [0.3, 0.4) is 0 Å². The highest BCUT2D eigenvalue weighted by atomic mass is 16.5. The first-order chi connectivity index (χ1) is 12.0. The number of esters is 1. The van der Waals surface area contributed by atoms with Crippen LogP contribution in [-0.4, -0.2) is 19.1 Å². The molecule has 4 nitrogen and oxygen atoms in total. The van der Waals surface area contributed by atoms with Crippen molar-refractivity contribution in [2.75, 3.05) is 13.2 Å². The fraction of sp³-hybridized carbons (Fsp3) is 0.381. The zero-order chi connectivity index (χ0) is 18.2. The molecule has 0 saturated carbocycles. The number of carbonyl (C=O) groups excluding carboxylic acids is 1. The van der Waals surface area contributed by atoms with Gasteiger partial charge < -0.3 is 15.2 Å². The molecule has 0 radical (unpaired) electrons. The fourth-order valence-corrected chi connectivity index (χ4v) is 2.65. The minimum absolute atomic E-state index is 0.0344. The summed E-state index contributed by atoms with van der Waals surface area (Å²) in [4.78, 5) is 11.7. The molecule has 2 aromatic carbocycles. The lowest BCUT2D eigenvalue weighted by Gasteiger charge is -2.15. The Morgan fingerprint density at radius 1 is 1.08 bits per heavy atom. The lowest BCUT2D eigenvalue weighted by atomic mass is 9.96. The molecule has 0 amide bonds. The Morgan fingerprint density at radius 3 is 2.40 bits per heavy atom. The maximum atomic E-state index is 11.7. The van der Waals surface area contributed by atoms with Crippen LogP contribution in [0.2, 0.25) is 0 Å². The third-order valence-electron chi connectivity index (χ3n) is 4.33. The quantitative estimate of drug-likeness (QED) is 0.740. The van der Waals surface area contributed by atoms with Crippen molar-refractivity contribution in [1.29, 1.82) is 0 Å². The van der Waals surface area contributed by atoms with Gasteiger partial charge in [0.1, 0.15) is 12.4 Å². The average molecular weight is 341 g/mol. The highest BCUT2D eigenvalue weighted by molar-refractivity contribution is 5.70. The van der Waals surface area contributed by atoms with Gasteiger partial charge in [-0.1, -0.05) is 30.3 Å². The summed E-state index contributed by atoms with van der Waals surface area (Å²) in [5.74, 6) is 0.551. The van der Waals surface area contributed by atoms with Crippen LogP contribution in [0, 0.1) is 13.8 Å². The van der Waals surface area contributed by atoms with Crippen molar-refractivity contribution in [1.82, 2.24) is 0 Å². The molecule has 0 aliphatic heterocycles. The molecule has 0 aromatic heterocycles. The van der Waals surface area contributed by atoms with Crippen molar-refractivity contribution in [3.8, 4) is 5.75 Å². The minimum Gasteiger partial charge on any atom is -0.489 e. The number of ether oxygens (including phenoxy) is 2. The van der Waals surface area contributed by atoms with Gasteiger partial charge in [0, 0.05) is 5.92 Å². The van der Waals surface area contributed by atoms with Gasteiger partial charge >= 0.3 is 5.97 Å². The number of hydrogen-bond donors (Lipinski definition) is 1.